The summed E-state index contributed by atoms with van der Waals surface area (Å²) in [5.74, 6) is 7.09. The Morgan fingerprint density at radius 1 is 1.33 bits per heavy atom. The van der Waals surface area contributed by atoms with Crippen molar-refractivity contribution in [3.8, 4) is 23.3 Å². The molecule has 0 aromatic heterocycles. The molecule has 0 aliphatic carbocycles. The van der Waals surface area contributed by atoms with E-state index in [4.69, 9.17) is 9.47 Å². The third kappa shape index (κ3) is 4.86. The molecule has 0 saturated heterocycles. The summed E-state index contributed by atoms with van der Waals surface area (Å²) in [4.78, 5) is 13.6. The lowest BCUT2D eigenvalue weighted by Crippen LogP contribution is -2.21. The van der Waals surface area contributed by atoms with Crippen molar-refractivity contribution >= 4 is 12.0 Å². The Balaban J connectivity index is 1.80. The summed E-state index contributed by atoms with van der Waals surface area (Å²) >= 11 is 0. The van der Waals surface area contributed by atoms with Crippen LogP contribution in [0.15, 0.2) is 24.3 Å². The van der Waals surface area contributed by atoms with Gasteiger partial charge in [-0.3, -0.25) is 9.69 Å². The van der Waals surface area contributed by atoms with Crippen molar-refractivity contribution in [1.29, 1.82) is 0 Å². The number of rotatable bonds is 4. The Morgan fingerprint density at radius 3 is 2.95 bits per heavy atom. The lowest BCUT2D eigenvalue weighted by Gasteiger charge is -2.01. The number of benzene rings is 1. The third-order valence-corrected chi connectivity index (χ3v) is 2.70. The van der Waals surface area contributed by atoms with Gasteiger partial charge in [0.05, 0.1) is 13.1 Å². The predicted octanol–water partition coefficient (Wildman–Crippen LogP) is 1.11. The Bertz CT molecular complexity index is 597. The number of nitrogens with zero attached hydrogens (tertiary/aromatic N) is 1. The summed E-state index contributed by atoms with van der Waals surface area (Å²) in [6.07, 6.45) is 3.20. The number of carbonyl (C=O) groups excluding carboxylic acids is 1. The summed E-state index contributed by atoms with van der Waals surface area (Å²) in [5.41, 5.74) is 0.882. The smallest absolute Gasteiger partial charge is 0.244 e. The van der Waals surface area contributed by atoms with Gasteiger partial charge in [0.25, 0.3) is 0 Å². The molecule has 0 fully saturated rings. The van der Waals surface area contributed by atoms with Gasteiger partial charge in [-0.05, 0) is 37.9 Å². The lowest BCUT2D eigenvalue weighted by atomic mass is 10.2. The number of nitrogens with one attached hydrogen (secondary N) is 1. The van der Waals surface area contributed by atoms with Crippen LogP contribution in [0.25, 0.3) is 6.08 Å². The van der Waals surface area contributed by atoms with Crippen molar-refractivity contribution < 1.29 is 14.3 Å². The molecule has 0 atom stereocenters. The minimum absolute atomic E-state index is 0.174. The zero-order chi connectivity index (χ0) is 15.1. The summed E-state index contributed by atoms with van der Waals surface area (Å²) in [6.45, 7) is 1.27. The van der Waals surface area contributed by atoms with E-state index in [1.807, 2.05) is 37.2 Å². The molecular weight excluding hydrogens is 268 g/mol. The Morgan fingerprint density at radius 2 is 2.14 bits per heavy atom. The van der Waals surface area contributed by atoms with Crippen LogP contribution >= 0.6 is 0 Å². The first-order valence-electron chi connectivity index (χ1n) is 6.61. The van der Waals surface area contributed by atoms with Crippen LogP contribution in [0, 0.1) is 11.8 Å². The molecule has 0 unspecified atom stereocenters. The van der Waals surface area contributed by atoms with Gasteiger partial charge in [0.15, 0.2) is 11.5 Å². The first kappa shape index (κ1) is 14.9. The van der Waals surface area contributed by atoms with E-state index in [1.165, 1.54) is 6.08 Å². The van der Waals surface area contributed by atoms with E-state index in [1.54, 1.807) is 6.08 Å². The van der Waals surface area contributed by atoms with Crippen LogP contribution in [0.1, 0.15) is 5.56 Å². The van der Waals surface area contributed by atoms with Gasteiger partial charge in [0.2, 0.25) is 12.7 Å². The predicted molar refractivity (Wildman–Crippen MR) is 80.9 cm³/mol. The van der Waals surface area contributed by atoms with Crippen LogP contribution in [-0.2, 0) is 4.79 Å². The highest BCUT2D eigenvalue weighted by atomic mass is 16.7. The molecule has 1 amide bonds. The molecule has 1 aliphatic heterocycles. The van der Waals surface area contributed by atoms with Crippen molar-refractivity contribution in [2.75, 3.05) is 34.0 Å². The van der Waals surface area contributed by atoms with E-state index in [2.05, 4.69) is 17.2 Å². The molecule has 0 bridgehead atoms. The van der Waals surface area contributed by atoms with Gasteiger partial charge in [-0.1, -0.05) is 17.9 Å². The number of hydrogen-bond acceptors (Lipinski definition) is 4. The van der Waals surface area contributed by atoms with Crippen LogP contribution in [-0.4, -0.2) is 44.8 Å². The number of amides is 1. The van der Waals surface area contributed by atoms with E-state index in [9.17, 15) is 4.79 Å². The molecule has 0 saturated carbocycles. The third-order valence-electron chi connectivity index (χ3n) is 2.70. The lowest BCUT2D eigenvalue weighted by molar-refractivity contribution is -0.116. The Hall–Kier alpha value is -2.45. The second-order valence-electron chi connectivity index (χ2n) is 4.76. The molecule has 2 rings (SSSR count). The maximum atomic E-state index is 11.6. The molecule has 0 radical (unpaired) electrons. The molecule has 0 spiro atoms. The maximum Gasteiger partial charge on any atom is 0.244 e. The number of ether oxygens (including phenoxy) is 2. The highest BCUT2D eigenvalue weighted by Crippen LogP contribution is 2.32. The standard InChI is InChI=1S/C16H18N2O3/c1-18(2)10-4-3-9-17-16(19)8-6-13-5-7-14-15(11-13)21-12-20-14/h5-8,11H,9-10,12H2,1-2H3,(H,17,19). The molecule has 1 aromatic carbocycles. The maximum absolute atomic E-state index is 11.6. The number of fused-ring (bicyclic) bond motifs is 1. The number of hydrogen-bond donors (Lipinski definition) is 1. The van der Waals surface area contributed by atoms with Crippen LogP contribution < -0.4 is 14.8 Å². The quantitative estimate of drug-likeness (QED) is 0.665. The fourth-order valence-electron chi connectivity index (χ4n) is 1.66. The van der Waals surface area contributed by atoms with Gasteiger partial charge in [0, 0.05) is 6.08 Å². The molecule has 5 nitrogen and oxygen atoms in total. The minimum atomic E-state index is -0.174. The zero-order valence-corrected chi connectivity index (χ0v) is 12.2. The first-order chi connectivity index (χ1) is 10.1. The van der Waals surface area contributed by atoms with Gasteiger partial charge in [-0.25, -0.2) is 0 Å². The zero-order valence-electron chi connectivity index (χ0n) is 12.2. The average Bonchev–Trinajstić information content (AvgIpc) is 2.92. The van der Waals surface area contributed by atoms with Crippen LogP contribution in [0.3, 0.4) is 0 Å². The molecular formula is C16H18N2O3. The van der Waals surface area contributed by atoms with Crippen LogP contribution in [0.5, 0.6) is 11.5 Å². The summed E-state index contributed by atoms with van der Waals surface area (Å²) in [5, 5.41) is 2.71. The van der Waals surface area contributed by atoms with Crippen molar-refractivity contribution in [3.63, 3.8) is 0 Å². The summed E-state index contributed by atoms with van der Waals surface area (Å²) < 4.78 is 10.5. The van der Waals surface area contributed by atoms with Gasteiger partial charge >= 0.3 is 0 Å². The fraction of sp³-hybridized carbons (Fsp3) is 0.312. The van der Waals surface area contributed by atoms with Crippen LogP contribution in [0.4, 0.5) is 0 Å². The second kappa shape index (κ2) is 7.36. The SMILES string of the molecule is CN(C)CC#CCNC(=O)C=Cc1ccc2c(c1)OCO2. The summed E-state index contributed by atoms with van der Waals surface area (Å²) in [7, 11) is 3.89. The molecule has 1 aliphatic rings. The van der Waals surface area contributed by atoms with Crippen molar-refractivity contribution in [3.05, 3.63) is 29.8 Å². The first-order valence-corrected chi connectivity index (χ1v) is 6.61. The Labute approximate surface area is 124 Å². The van der Waals surface area contributed by atoms with E-state index in [-0.39, 0.29) is 12.7 Å². The fourth-order valence-corrected chi connectivity index (χ4v) is 1.66. The molecule has 21 heavy (non-hydrogen) atoms. The topological polar surface area (TPSA) is 50.8 Å². The monoisotopic (exact) mass is 286 g/mol. The summed E-state index contributed by atoms with van der Waals surface area (Å²) in [6, 6.07) is 5.53. The minimum Gasteiger partial charge on any atom is -0.454 e. The van der Waals surface area contributed by atoms with E-state index in [0.29, 0.717) is 18.8 Å². The van der Waals surface area contributed by atoms with E-state index >= 15 is 0 Å². The Kier molecular flexibility index (Phi) is 5.24. The molecule has 1 N–H and O–H groups in total. The second-order valence-corrected chi connectivity index (χ2v) is 4.76. The molecule has 110 valence electrons. The molecule has 5 heteroatoms. The van der Waals surface area contributed by atoms with Crippen molar-refractivity contribution in [2.45, 2.75) is 0 Å². The average molecular weight is 286 g/mol. The number of carbonyl (C=O) groups is 1. The van der Waals surface area contributed by atoms with Gasteiger partial charge in [0.1, 0.15) is 0 Å². The van der Waals surface area contributed by atoms with E-state index in [0.717, 1.165) is 11.3 Å². The largest absolute Gasteiger partial charge is 0.454 e. The normalized spacial score (nSPS) is 12.3. The van der Waals surface area contributed by atoms with Gasteiger partial charge in [-0.2, -0.15) is 0 Å². The molecule has 1 aromatic rings. The van der Waals surface area contributed by atoms with Gasteiger partial charge < -0.3 is 14.8 Å². The highest BCUT2D eigenvalue weighted by molar-refractivity contribution is 5.91. The highest BCUT2D eigenvalue weighted by Gasteiger charge is 2.12. The van der Waals surface area contributed by atoms with Gasteiger partial charge in [-0.15, -0.1) is 0 Å². The van der Waals surface area contributed by atoms with Crippen molar-refractivity contribution in [2.24, 2.45) is 0 Å². The van der Waals surface area contributed by atoms with Crippen molar-refractivity contribution in [1.82, 2.24) is 10.2 Å². The molecule has 1 heterocycles. The van der Waals surface area contributed by atoms with E-state index < -0.39 is 0 Å². The van der Waals surface area contributed by atoms with Crippen LogP contribution in [0.2, 0.25) is 0 Å².